The summed E-state index contributed by atoms with van der Waals surface area (Å²) in [7, 11) is 0. The maximum Gasteiger partial charge on any atom is 0.416 e. The lowest BCUT2D eigenvalue weighted by Gasteiger charge is -2.15. The molecule has 0 spiro atoms. The van der Waals surface area contributed by atoms with Crippen LogP contribution in [0, 0.1) is 13.8 Å². The number of thiazole rings is 1. The minimum Gasteiger partial charge on any atom is -0.348 e. The summed E-state index contributed by atoms with van der Waals surface area (Å²) in [5.41, 5.74) is 9.01. The summed E-state index contributed by atoms with van der Waals surface area (Å²) in [6, 6.07) is 15.6. The van der Waals surface area contributed by atoms with Crippen LogP contribution in [0.2, 0.25) is 0 Å². The van der Waals surface area contributed by atoms with Gasteiger partial charge in [0.05, 0.1) is 23.4 Å². The second-order valence-corrected chi connectivity index (χ2v) is 9.12. The topological polar surface area (TPSA) is 72.9 Å². The molecule has 35 heavy (non-hydrogen) atoms. The van der Waals surface area contributed by atoms with Gasteiger partial charge in [-0.1, -0.05) is 42.5 Å². The van der Waals surface area contributed by atoms with Crippen LogP contribution >= 0.6 is 11.3 Å². The fourth-order valence-corrected chi connectivity index (χ4v) is 4.79. The van der Waals surface area contributed by atoms with Crippen molar-refractivity contribution in [3.63, 3.8) is 0 Å². The van der Waals surface area contributed by atoms with Crippen LogP contribution in [0.3, 0.4) is 0 Å². The largest absolute Gasteiger partial charge is 0.416 e. The number of halogens is 3. The van der Waals surface area contributed by atoms with Crippen LogP contribution in [-0.2, 0) is 25.8 Å². The third kappa shape index (κ3) is 5.47. The molecule has 2 aromatic carbocycles. The van der Waals surface area contributed by atoms with Gasteiger partial charge in [-0.3, -0.25) is 4.79 Å². The second kappa shape index (κ2) is 10.1. The molecule has 5 nitrogen and oxygen atoms in total. The molecule has 4 rings (SSSR count). The zero-order valence-corrected chi connectivity index (χ0v) is 20.1. The predicted molar refractivity (Wildman–Crippen MR) is 131 cm³/mol. The highest BCUT2D eigenvalue weighted by molar-refractivity contribution is 7.13. The van der Waals surface area contributed by atoms with Crippen LogP contribution in [0.25, 0.3) is 10.6 Å². The van der Waals surface area contributed by atoms with Gasteiger partial charge < -0.3 is 15.6 Å². The summed E-state index contributed by atoms with van der Waals surface area (Å²) in [5.74, 6) is -0.427. The maximum absolute atomic E-state index is 13.5. The quantitative estimate of drug-likeness (QED) is 0.344. The lowest BCUT2D eigenvalue weighted by molar-refractivity contribution is -0.138. The maximum atomic E-state index is 13.5. The molecule has 2 heterocycles. The van der Waals surface area contributed by atoms with Gasteiger partial charge in [-0.05, 0) is 37.1 Å². The third-order valence-electron chi connectivity index (χ3n) is 5.87. The summed E-state index contributed by atoms with van der Waals surface area (Å²) in [6.45, 7) is 3.97. The Balaban J connectivity index is 1.50. The molecule has 3 N–H and O–H groups in total. The zero-order chi connectivity index (χ0) is 25.2. The van der Waals surface area contributed by atoms with Gasteiger partial charge in [-0.2, -0.15) is 13.2 Å². The van der Waals surface area contributed by atoms with Gasteiger partial charge in [-0.25, -0.2) is 4.98 Å². The summed E-state index contributed by atoms with van der Waals surface area (Å²) >= 11 is 1.55. The van der Waals surface area contributed by atoms with Crippen LogP contribution < -0.4 is 11.1 Å². The monoisotopic (exact) mass is 498 g/mol. The number of nitrogens with zero attached hydrogens (tertiary/aromatic N) is 2. The number of nitrogens with two attached hydrogens (primary N) is 1. The number of rotatable bonds is 7. The van der Waals surface area contributed by atoms with E-state index in [1.165, 1.54) is 6.07 Å². The van der Waals surface area contributed by atoms with E-state index in [1.54, 1.807) is 23.5 Å². The van der Waals surface area contributed by atoms with Gasteiger partial charge in [0.15, 0.2) is 0 Å². The smallest absolute Gasteiger partial charge is 0.348 e. The van der Waals surface area contributed by atoms with Crippen molar-refractivity contribution >= 4 is 17.2 Å². The predicted octanol–water partition coefficient (Wildman–Crippen LogP) is 5.68. The van der Waals surface area contributed by atoms with E-state index in [1.807, 2.05) is 54.1 Å². The average Bonchev–Trinajstić information content (AvgIpc) is 3.43. The minimum absolute atomic E-state index is 0.00669. The van der Waals surface area contributed by atoms with Gasteiger partial charge >= 0.3 is 6.18 Å². The fourth-order valence-electron chi connectivity index (χ4n) is 3.97. The molecule has 1 amide bonds. The van der Waals surface area contributed by atoms with Gasteiger partial charge in [0.1, 0.15) is 5.01 Å². The Hall–Kier alpha value is -3.43. The zero-order valence-electron chi connectivity index (χ0n) is 19.3. The van der Waals surface area contributed by atoms with E-state index in [2.05, 4.69) is 5.32 Å². The number of hydrogen-bond donors (Lipinski definition) is 2. The van der Waals surface area contributed by atoms with E-state index in [0.29, 0.717) is 17.7 Å². The number of benzene rings is 2. The van der Waals surface area contributed by atoms with Crippen LogP contribution in [0.4, 0.5) is 13.2 Å². The Morgan fingerprint density at radius 2 is 1.86 bits per heavy atom. The van der Waals surface area contributed by atoms with Gasteiger partial charge in [0.2, 0.25) is 0 Å². The standard InChI is InChI=1S/C26H25F3N4OS/c1-16-10-22(24(34)31-13-20-9-8-18(12-30)11-23(20)26(27,28)29)17(2)33(16)14-21-15-35-25(32-21)19-6-4-3-5-7-19/h3-11,15H,12-14,30H2,1-2H3,(H,31,34). The average molecular weight is 499 g/mol. The van der Waals surface area contributed by atoms with Crippen LogP contribution in [0.1, 0.15) is 44.1 Å². The molecular formula is C26H25F3N4OS. The van der Waals surface area contributed by atoms with E-state index < -0.39 is 17.6 Å². The fraction of sp³-hybridized carbons (Fsp3) is 0.231. The molecule has 0 bridgehead atoms. The van der Waals surface area contributed by atoms with E-state index >= 15 is 0 Å². The highest BCUT2D eigenvalue weighted by Gasteiger charge is 2.33. The molecular weight excluding hydrogens is 473 g/mol. The van der Waals surface area contributed by atoms with Crippen molar-refractivity contribution in [2.24, 2.45) is 5.73 Å². The first kappa shape index (κ1) is 24.7. The van der Waals surface area contributed by atoms with Crippen molar-refractivity contribution < 1.29 is 18.0 Å². The first-order valence-electron chi connectivity index (χ1n) is 11.0. The molecule has 4 aromatic rings. The van der Waals surface area contributed by atoms with Crippen molar-refractivity contribution in [2.45, 2.75) is 39.7 Å². The van der Waals surface area contributed by atoms with E-state index in [4.69, 9.17) is 10.7 Å². The SMILES string of the molecule is Cc1cc(C(=O)NCc2ccc(CN)cc2C(F)(F)F)c(C)n1Cc1csc(-c2ccccc2)n1. The summed E-state index contributed by atoms with van der Waals surface area (Å²) in [5, 5.41) is 5.55. The lowest BCUT2D eigenvalue weighted by Crippen LogP contribution is -2.25. The number of aryl methyl sites for hydroxylation is 1. The molecule has 9 heteroatoms. The Labute approximate surface area is 205 Å². The molecule has 0 aliphatic carbocycles. The first-order valence-corrected chi connectivity index (χ1v) is 11.9. The van der Waals surface area contributed by atoms with Crippen LogP contribution in [-0.4, -0.2) is 15.5 Å². The summed E-state index contributed by atoms with van der Waals surface area (Å²) in [6.07, 6.45) is -4.53. The normalized spacial score (nSPS) is 11.6. The Bertz CT molecular complexity index is 1340. The Morgan fingerprint density at radius 1 is 1.11 bits per heavy atom. The number of carbonyl (C=O) groups excluding carboxylic acids is 1. The number of alkyl halides is 3. The summed E-state index contributed by atoms with van der Waals surface area (Å²) in [4.78, 5) is 17.6. The number of aromatic nitrogens is 2. The van der Waals surface area contributed by atoms with Crippen molar-refractivity contribution in [1.29, 1.82) is 0 Å². The number of hydrogen-bond acceptors (Lipinski definition) is 4. The molecule has 0 aliphatic rings. The van der Waals surface area contributed by atoms with Crippen molar-refractivity contribution in [2.75, 3.05) is 0 Å². The second-order valence-electron chi connectivity index (χ2n) is 8.26. The van der Waals surface area contributed by atoms with Crippen LogP contribution in [0.15, 0.2) is 60.0 Å². The van der Waals surface area contributed by atoms with Crippen molar-refractivity contribution in [3.05, 3.63) is 99.3 Å². The molecule has 0 unspecified atom stereocenters. The van der Waals surface area contributed by atoms with Gasteiger partial charge in [0.25, 0.3) is 5.91 Å². The molecule has 2 aromatic heterocycles. The third-order valence-corrected chi connectivity index (χ3v) is 6.81. The van der Waals surface area contributed by atoms with E-state index in [-0.39, 0.29) is 18.7 Å². The van der Waals surface area contributed by atoms with Crippen molar-refractivity contribution in [3.8, 4) is 10.6 Å². The van der Waals surface area contributed by atoms with Crippen molar-refractivity contribution in [1.82, 2.24) is 14.9 Å². The minimum atomic E-state index is -4.53. The van der Waals surface area contributed by atoms with Gasteiger partial charge in [-0.15, -0.1) is 11.3 Å². The Morgan fingerprint density at radius 3 is 2.54 bits per heavy atom. The Kier molecular flexibility index (Phi) is 7.09. The number of amides is 1. The summed E-state index contributed by atoms with van der Waals surface area (Å²) < 4.78 is 42.4. The van der Waals surface area contributed by atoms with Crippen LogP contribution in [0.5, 0.6) is 0 Å². The molecule has 0 saturated carbocycles. The molecule has 182 valence electrons. The lowest BCUT2D eigenvalue weighted by atomic mass is 10.0. The highest BCUT2D eigenvalue weighted by atomic mass is 32.1. The van der Waals surface area contributed by atoms with E-state index in [0.717, 1.165) is 33.7 Å². The molecule has 0 saturated heterocycles. The highest BCUT2D eigenvalue weighted by Crippen LogP contribution is 2.33. The number of carbonyl (C=O) groups is 1. The number of nitrogens with one attached hydrogen (secondary N) is 1. The molecule has 0 radical (unpaired) electrons. The molecule has 0 atom stereocenters. The molecule has 0 fully saturated rings. The van der Waals surface area contributed by atoms with Gasteiger partial charge in [0, 0.05) is 35.4 Å². The van der Waals surface area contributed by atoms with E-state index in [9.17, 15) is 18.0 Å². The first-order chi connectivity index (χ1) is 16.7. The molecule has 0 aliphatic heterocycles.